The van der Waals surface area contributed by atoms with E-state index in [9.17, 15) is 4.79 Å². The number of aromatic nitrogens is 4. The topological polar surface area (TPSA) is 67.2 Å². The molecule has 4 heterocycles. The molecule has 1 amide bonds. The molecule has 0 spiro atoms. The molecule has 0 radical (unpaired) electrons. The van der Waals surface area contributed by atoms with E-state index in [0.717, 1.165) is 43.0 Å². The number of carbonyl (C=O) groups excluding carboxylic acids is 1. The van der Waals surface area contributed by atoms with Crippen molar-refractivity contribution in [2.24, 2.45) is 7.05 Å². The molecule has 0 aromatic carbocycles. The normalized spacial score (nSPS) is 19.2. The summed E-state index contributed by atoms with van der Waals surface area (Å²) >= 11 is 1.82. The van der Waals surface area contributed by atoms with Crippen LogP contribution in [-0.4, -0.2) is 56.7 Å². The Morgan fingerprint density at radius 2 is 2.18 bits per heavy atom. The predicted molar refractivity (Wildman–Crippen MR) is 110 cm³/mol. The molecule has 1 atom stereocenters. The molecule has 28 heavy (non-hydrogen) atoms. The van der Waals surface area contributed by atoms with Crippen LogP contribution in [-0.2, 0) is 19.9 Å². The summed E-state index contributed by atoms with van der Waals surface area (Å²) in [6, 6.07) is 0.165. The van der Waals surface area contributed by atoms with Crippen molar-refractivity contribution in [2.45, 2.75) is 38.1 Å². The first-order valence-electron chi connectivity index (χ1n) is 9.88. The SMILES string of the molecule is CN(C(=O)c1cnn(C)c1)C1CCCN(c2ncnc3sc4c(c23)CCC4)C1. The molecule has 8 heteroatoms. The number of aryl methyl sites for hydroxylation is 3. The molecule has 3 aromatic heterocycles. The molecule has 0 bridgehead atoms. The average molecular weight is 397 g/mol. The molecule has 1 saturated heterocycles. The van der Waals surface area contributed by atoms with Gasteiger partial charge in [0, 0.05) is 44.3 Å². The van der Waals surface area contributed by atoms with Gasteiger partial charge in [-0.2, -0.15) is 5.10 Å². The second kappa shape index (κ2) is 6.84. The van der Waals surface area contributed by atoms with E-state index < -0.39 is 0 Å². The van der Waals surface area contributed by atoms with Crippen LogP contribution in [0.25, 0.3) is 10.2 Å². The smallest absolute Gasteiger partial charge is 0.257 e. The lowest BCUT2D eigenvalue weighted by Gasteiger charge is -2.38. The lowest BCUT2D eigenvalue weighted by Crippen LogP contribution is -2.49. The van der Waals surface area contributed by atoms with Gasteiger partial charge in [0.05, 0.1) is 17.1 Å². The molecule has 1 aliphatic heterocycles. The molecule has 2 aliphatic rings. The quantitative estimate of drug-likeness (QED) is 0.681. The zero-order valence-corrected chi connectivity index (χ0v) is 17.1. The third kappa shape index (κ3) is 2.87. The molecule has 3 aromatic rings. The molecule has 0 N–H and O–H groups in total. The zero-order valence-electron chi connectivity index (χ0n) is 16.3. The number of fused-ring (bicyclic) bond motifs is 3. The molecule has 5 rings (SSSR count). The van der Waals surface area contributed by atoms with E-state index >= 15 is 0 Å². The summed E-state index contributed by atoms with van der Waals surface area (Å²) in [5.41, 5.74) is 2.10. The van der Waals surface area contributed by atoms with Crippen LogP contribution in [0.4, 0.5) is 5.82 Å². The highest BCUT2D eigenvalue weighted by Gasteiger charge is 2.30. The summed E-state index contributed by atoms with van der Waals surface area (Å²) in [6.45, 7) is 1.78. The Morgan fingerprint density at radius 3 is 3.00 bits per heavy atom. The minimum absolute atomic E-state index is 0.0317. The number of rotatable bonds is 3. The third-order valence-electron chi connectivity index (χ3n) is 6.00. The van der Waals surface area contributed by atoms with E-state index in [1.54, 1.807) is 23.4 Å². The number of piperidine rings is 1. The van der Waals surface area contributed by atoms with Crippen LogP contribution in [0.2, 0.25) is 0 Å². The van der Waals surface area contributed by atoms with Gasteiger partial charge in [-0.3, -0.25) is 9.48 Å². The van der Waals surface area contributed by atoms with E-state index in [4.69, 9.17) is 0 Å². The predicted octanol–water partition coefficient (Wildman–Crippen LogP) is 2.65. The zero-order chi connectivity index (χ0) is 19.3. The van der Waals surface area contributed by atoms with Gasteiger partial charge in [-0.25, -0.2) is 9.97 Å². The van der Waals surface area contributed by atoms with Crippen molar-refractivity contribution in [1.29, 1.82) is 0 Å². The Kier molecular flexibility index (Phi) is 4.30. The number of nitrogens with zero attached hydrogens (tertiary/aromatic N) is 6. The maximum absolute atomic E-state index is 12.9. The minimum atomic E-state index is 0.0317. The molecule has 1 fully saturated rings. The molecule has 0 saturated carbocycles. The van der Waals surface area contributed by atoms with Crippen molar-refractivity contribution >= 4 is 33.3 Å². The average Bonchev–Trinajstić information content (AvgIpc) is 3.42. The maximum atomic E-state index is 12.9. The maximum Gasteiger partial charge on any atom is 0.257 e. The van der Waals surface area contributed by atoms with E-state index in [0.29, 0.717) is 5.56 Å². The standard InChI is InChI=1S/C20H24N6OS/c1-24-10-13(9-23-24)20(27)25(2)14-5-4-8-26(11-14)18-17-15-6-3-7-16(15)28-19(17)22-12-21-18/h9-10,12,14H,3-8,11H2,1-2H3. The Balaban J connectivity index is 1.42. The summed E-state index contributed by atoms with van der Waals surface area (Å²) in [5, 5.41) is 5.38. The van der Waals surface area contributed by atoms with Gasteiger partial charge in [0.1, 0.15) is 17.0 Å². The van der Waals surface area contributed by atoms with Crippen molar-refractivity contribution in [3.63, 3.8) is 0 Å². The third-order valence-corrected chi connectivity index (χ3v) is 7.20. The van der Waals surface area contributed by atoms with Gasteiger partial charge in [0.15, 0.2) is 0 Å². The van der Waals surface area contributed by atoms with E-state index in [1.807, 2.05) is 30.3 Å². The van der Waals surface area contributed by atoms with E-state index in [2.05, 4.69) is 20.0 Å². The second-order valence-corrected chi connectivity index (χ2v) is 8.88. The fourth-order valence-corrected chi connectivity index (χ4v) is 5.74. The fourth-order valence-electron chi connectivity index (χ4n) is 4.52. The molecular weight excluding hydrogens is 372 g/mol. The largest absolute Gasteiger partial charge is 0.354 e. The number of hydrogen-bond donors (Lipinski definition) is 0. The van der Waals surface area contributed by atoms with Gasteiger partial charge in [-0.15, -0.1) is 11.3 Å². The van der Waals surface area contributed by atoms with Gasteiger partial charge in [-0.05, 0) is 37.7 Å². The van der Waals surface area contributed by atoms with Crippen LogP contribution in [0.15, 0.2) is 18.7 Å². The van der Waals surface area contributed by atoms with Gasteiger partial charge in [0.25, 0.3) is 5.91 Å². The number of carbonyl (C=O) groups is 1. The van der Waals surface area contributed by atoms with Gasteiger partial charge in [-0.1, -0.05) is 0 Å². The van der Waals surface area contributed by atoms with Gasteiger partial charge >= 0.3 is 0 Å². The summed E-state index contributed by atoms with van der Waals surface area (Å²) in [6.07, 6.45) is 10.7. The number of thiophene rings is 1. The molecular formula is C20H24N6OS. The van der Waals surface area contributed by atoms with Gasteiger partial charge < -0.3 is 9.80 Å². The van der Waals surface area contributed by atoms with Crippen LogP contribution in [0.1, 0.15) is 40.1 Å². The van der Waals surface area contributed by atoms with E-state index in [-0.39, 0.29) is 11.9 Å². The summed E-state index contributed by atoms with van der Waals surface area (Å²) in [7, 11) is 3.74. The number of amides is 1. The molecule has 7 nitrogen and oxygen atoms in total. The van der Waals surface area contributed by atoms with Crippen LogP contribution < -0.4 is 4.90 Å². The highest BCUT2D eigenvalue weighted by molar-refractivity contribution is 7.19. The van der Waals surface area contributed by atoms with E-state index in [1.165, 1.54) is 28.7 Å². The first-order chi connectivity index (χ1) is 13.6. The highest BCUT2D eigenvalue weighted by atomic mass is 32.1. The Bertz CT molecular complexity index is 1040. The minimum Gasteiger partial charge on any atom is -0.354 e. The monoisotopic (exact) mass is 396 g/mol. The Labute approximate surface area is 168 Å². The second-order valence-electron chi connectivity index (χ2n) is 7.80. The van der Waals surface area contributed by atoms with Crippen molar-refractivity contribution in [1.82, 2.24) is 24.6 Å². The fraction of sp³-hybridized carbons (Fsp3) is 0.500. The molecule has 1 aliphatic carbocycles. The highest BCUT2D eigenvalue weighted by Crippen LogP contribution is 2.40. The number of hydrogen-bond acceptors (Lipinski definition) is 6. The van der Waals surface area contributed by atoms with Crippen LogP contribution >= 0.6 is 11.3 Å². The number of anilines is 1. The summed E-state index contributed by atoms with van der Waals surface area (Å²) < 4.78 is 1.67. The van der Waals surface area contributed by atoms with Crippen molar-refractivity contribution in [3.8, 4) is 0 Å². The van der Waals surface area contributed by atoms with Crippen LogP contribution in [0, 0.1) is 0 Å². The molecule has 1 unspecified atom stereocenters. The summed E-state index contributed by atoms with van der Waals surface area (Å²) in [4.78, 5) is 28.9. The van der Waals surface area contributed by atoms with Crippen LogP contribution in [0.3, 0.4) is 0 Å². The van der Waals surface area contributed by atoms with Crippen molar-refractivity contribution < 1.29 is 4.79 Å². The van der Waals surface area contributed by atoms with Crippen molar-refractivity contribution in [2.75, 3.05) is 25.0 Å². The van der Waals surface area contributed by atoms with Crippen LogP contribution in [0.5, 0.6) is 0 Å². The first kappa shape index (κ1) is 17.6. The summed E-state index contributed by atoms with van der Waals surface area (Å²) in [5.74, 6) is 1.08. The first-order valence-corrected chi connectivity index (χ1v) is 10.7. The number of likely N-dealkylation sites (N-methyl/N-ethyl adjacent to an activating group) is 1. The Hall–Kier alpha value is -2.48. The lowest BCUT2D eigenvalue weighted by atomic mass is 10.0. The van der Waals surface area contributed by atoms with Crippen molar-refractivity contribution in [3.05, 3.63) is 34.7 Å². The Morgan fingerprint density at radius 1 is 1.29 bits per heavy atom. The lowest BCUT2D eigenvalue weighted by molar-refractivity contribution is 0.0717. The molecule has 146 valence electrons. The van der Waals surface area contributed by atoms with Gasteiger partial charge in [0.2, 0.25) is 0 Å².